The van der Waals surface area contributed by atoms with Crippen molar-refractivity contribution in [3.05, 3.63) is 63.9 Å². The second-order valence-electron chi connectivity index (χ2n) is 4.53. The summed E-state index contributed by atoms with van der Waals surface area (Å²) in [7, 11) is 0. The Morgan fingerprint density at radius 1 is 1.20 bits per heavy atom. The van der Waals surface area contributed by atoms with E-state index in [1.807, 2.05) is 37.3 Å². The van der Waals surface area contributed by atoms with Gasteiger partial charge in [-0.2, -0.15) is 0 Å². The number of aromatic nitrogens is 1. The van der Waals surface area contributed by atoms with Gasteiger partial charge in [0.15, 0.2) is 0 Å². The predicted octanol–water partition coefficient (Wildman–Crippen LogP) is 3.75. The molecule has 3 nitrogen and oxygen atoms in total. The topological polar surface area (TPSA) is 42.0 Å². The summed E-state index contributed by atoms with van der Waals surface area (Å²) >= 11 is 11.7. The first-order chi connectivity index (χ1) is 9.56. The summed E-state index contributed by atoms with van der Waals surface area (Å²) in [6.45, 7) is 1.93. The molecule has 0 radical (unpaired) electrons. The smallest absolute Gasteiger partial charge is 0.271 e. The highest BCUT2D eigenvalue weighted by atomic mass is 35.5. The standard InChI is InChI=1S/C15H14Cl2N2O/c1-10(9-11-5-3-2-4-6-11)18-15(20)14-12(16)7-8-13(17)19-14/h2-8,10H,9H2,1H3,(H,18,20). The van der Waals surface area contributed by atoms with E-state index in [0.29, 0.717) is 5.02 Å². The molecule has 1 atom stereocenters. The quantitative estimate of drug-likeness (QED) is 0.874. The molecular formula is C15H14Cl2N2O. The number of nitrogens with one attached hydrogen (secondary N) is 1. The third-order valence-electron chi connectivity index (χ3n) is 2.79. The van der Waals surface area contributed by atoms with Crippen LogP contribution in [0.3, 0.4) is 0 Å². The Morgan fingerprint density at radius 3 is 2.60 bits per heavy atom. The molecule has 20 heavy (non-hydrogen) atoms. The summed E-state index contributed by atoms with van der Waals surface area (Å²) in [5.41, 5.74) is 1.31. The highest BCUT2D eigenvalue weighted by Crippen LogP contribution is 2.17. The van der Waals surface area contributed by atoms with E-state index in [-0.39, 0.29) is 22.8 Å². The van der Waals surface area contributed by atoms with Gasteiger partial charge in [-0.05, 0) is 31.0 Å². The van der Waals surface area contributed by atoms with Crippen LogP contribution in [0.4, 0.5) is 0 Å². The molecule has 1 aromatic heterocycles. The van der Waals surface area contributed by atoms with Crippen molar-refractivity contribution in [3.63, 3.8) is 0 Å². The maximum absolute atomic E-state index is 12.1. The third kappa shape index (κ3) is 3.95. The number of pyridine rings is 1. The largest absolute Gasteiger partial charge is 0.348 e. The fourth-order valence-electron chi connectivity index (χ4n) is 1.89. The van der Waals surface area contributed by atoms with Gasteiger partial charge >= 0.3 is 0 Å². The van der Waals surface area contributed by atoms with E-state index in [1.165, 1.54) is 0 Å². The molecule has 0 bridgehead atoms. The summed E-state index contributed by atoms with van der Waals surface area (Å²) in [4.78, 5) is 16.1. The Balaban J connectivity index is 2.02. The molecule has 0 spiro atoms. The monoisotopic (exact) mass is 308 g/mol. The lowest BCUT2D eigenvalue weighted by molar-refractivity contribution is 0.0935. The molecule has 1 unspecified atom stereocenters. The number of carbonyl (C=O) groups excluding carboxylic acids is 1. The van der Waals surface area contributed by atoms with Gasteiger partial charge in [-0.25, -0.2) is 4.98 Å². The van der Waals surface area contributed by atoms with Crippen LogP contribution in [0, 0.1) is 0 Å². The van der Waals surface area contributed by atoms with Gasteiger partial charge in [-0.3, -0.25) is 4.79 Å². The van der Waals surface area contributed by atoms with Crippen LogP contribution in [0.15, 0.2) is 42.5 Å². The molecule has 0 aliphatic carbocycles. The van der Waals surface area contributed by atoms with Crippen LogP contribution >= 0.6 is 23.2 Å². The van der Waals surface area contributed by atoms with Crippen molar-refractivity contribution in [1.82, 2.24) is 10.3 Å². The van der Waals surface area contributed by atoms with Gasteiger partial charge < -0.3 is 5.32 Å². The van der Waals surface area contributed by atoms with Crippen LogP contribution < -0.4 is 5.32 Å². The molecule has 5 heteroatoms. The van der Waals surface area contributed by atoms with Gasteiger partial charge in [0.25, 0.3) is 5.91 Å². The fourth-order valence-corrected chi connectivity index (χ4v) is 2.23. The van der Waals surface area contributed by atoms with Gasteiger partial charge in [-0.1, -0.05) is 53.5 Å². The average Bonchev–Trinajstić information content (AvgIpc) is 2.42. The van der Waals surface area contributed by atoms with Gasteiger partial charge in [-0.15, -0.1) is 0 Å². The SMILES string of the molecule is CC(Cc1ccccc1)NC(=O)c1nc(Cl)ccc1Cl. The van der Waals surface area contributed by atoms with E-state index in [0.717, 1.165) is 12.0 Å². The molecule has 1 N–H and O–H groups in total. The normalized spacial score (nSPS) is 11.9. The minimum atomic E-state index is -0.319. The second kappa shape index (κ2) is 6.73. The number of hydrogen-bond acceptors (Lipinski definition) is 2. The molecular weight excluding hydrogens is 295 g/mol. The molecule has 2 rings (SSSR count). The first-order valence-corrected chi connectivity index (χ1v) is 6.98. The Hall–Kier alpha value is -1.58. The number of benzene rings is 1. The zero-order chi connectivity index (χ0) is 14.5. The molecule has 104 valence electrons. The molecule has 1 amide bonds. The van der Waals surface area contributed by atoms with Crippen molar-refractivity contribution in [2.75, 3.05) is 0 Å². The number of halogens is 2. The number of amides is 1. The summed E-state index contributed by atoms with van der Waals surface area (Å²) in [5, 5.41) is 3.40. The van der Waals surface area contributed by atoms with Crippen molar-refractivity contribution in [3.8, 4) is 0 Å². The summed E-state index contributed by atoms with van der Waals surface area (Å²) in [6.07, 6.45) is 0.741. The minimum absolute atomic E-state index is 0.0262. The lowest BCUT2D eigenvalue weighted by Gasteiger charge is -2.14. The van der Waals surface area contributed by atoms with Crippen LogP contribution in [0.25, 0.3) is 0 Å². The Bertz CT molecular complexity index is 602. The number of carbonyl (C=O) groups is 1. The zero-order valence-electron chi connectivity index (χ0n) is 10.9. The minimum Gasteiger partial charge on any atom is -0.348 e. The first kappa shape index (κ1) is 14.8. The lowest BCUT2D eigenvalue weighted by atomic mass is 10.1. The van der Waals surface area contributed by atoms with Gasteiger partial charge in [0.2, 0.25) is 0 Å². The Morgan fingerprint density at radius 2 is 1.90 bits per heavy atom. The van der Waals surface area contributed by atoms with E-state index >= 15 is 0 Å². The van der Waals surface area contributed by atoms with Crippen LogP contribution in [0.2, 0.25) is 10.2 Å². The van der Waals surface area contributed by atoms with Crippen molar-refractivity contribution >= 4 is 29.1 Å². The Kier molecular flexibility index (Phi) is 4.99. The highest BCUT2D eigenvalue weighted by molar-refractivity contribution is 6.34. The van der Waals surface area contributed by atoms with E-state index < -0.39 is 0 Å². The van der Waals surface area contributed by atoms with Crippen LogP contribution in [0.1, 0.15) is 23.0 Å². The molecule has 2 aromatic rings. The zero-order valence-corrected chi connectivity index (χ0v) is 12.4. The van der Waals surface area contributed by atoms with Gasteiger partial charge in [0.05, 0.1) is 5.02 Å². The lowest BCUT2D eigenvalue weighted by Crippen LogP contribution is -2.34. The van der Waals surface area contributed by atoms with E-state index in [9.17, 15) is 4.79 Å². The average molecular weight is 309 g/mol. The van der Waals surface area contributed by atoms with Crippen LogP contribution in [-0.4, -0.2) is 16.9 Å². The number of hydrogen-bond donors (Lipinski definition) is 1. The van der Waals surface area contributed by atoms with Crippen molar-refractivity contribution in [1.29, 1.82) is 0 Å². The maximum Gasteiger partial charge on any atom is 0.271 e. The summed E-state index contributed by atoms with van der Waals surface area (Å²) in [5.74, 6) is -0.319. The van der Waals surface area contributed by atoms with E-state index in [2.05, 4.69) is 10.3 Å². The van der Waals surface area contributed by atoms with Crippen molar-refractivity contribution in [2.24, 2.45) is 0 Å². The molecule has 0 aliphatic heterocycles. The van der Waals surface area contributed by atoms with E-state index in [4.69, 9.17) is 23.2 Å². The second-order valence-corrected chi connectivity index (χ2v) is 5.32. The molecule has 0 aliphatic rings. The fraction of sp³-hybridized carbons (Fsp3) is 0.200. The summed E-state index contributed by atoms with van der Waals surface area (Å²) < 4.78 is 0. The molecule has 1 heterocycles. The molecule has 0 saturated carbocycles. The molecule has 0 fully saturated rings. The van der Waals surface area contributed by atoms with Gasteiger partial charge in [0, 0.05) is 6.04 Å². The van der Waals surface area contributed by atoms with Gasteiger partial charge in [0.1, 0.15) is 10.8 Å². The molecule has 1 aromatic carbocycles. The van der Waals surface area contributed by atoms with Crippen molar-refractivity contribution in [2.45, 2.75) is 19.4 Å². The van der Waals surface area contributed by atoms with Crippen LogP contribution in [-0.2, 0) is 6.42 Å². The maximum atomic E-state index is 12.1. The highest BCUT2D eigenvalue weighted by Gasteiger charge is 2.15. The first-order valence-electron chi connectivity index (χ1n) is 6.23. The predicted molar refractivity (Wildman–Crippen MR) is 81.3 cm³/mol. The van der Waals surface area contributed by atoms with Crippen molar-refractivity contribution < 1.29 is 4.79 Å². The number of nitrogens with zero attached hydrogens (tertiary/aromatic N) is 1. The van der Waals surface area contributed by atoms with E-state index in [1.54, 1.807) is 12.1 Å². The summed E-state index contributed by atoms with van der Waals surface area (Å²) in [6, 6.07) is 13.0. The Labute approximate surface area is 127 Å². The van der Waals surface area contributed by atoms with Crippen LogP contribution in [0.5, 0.6) is 0 Å². The molecule has 0 saturated heterocycles. The third-order valence-corrected chi connectivity index (χ3v) is 3.30. The number of rotatable bonds is 4.